The van der Waals surface area contributed by atoms with Crippen molar-refractivity contribution in [2.24, 2.45) is 23.7 Å². The molecule has 13 heteroatoms. The number of aliphatic hydroxyl groups is 2. The van der Waals surface area contributed by atoms with Crippen molar-refractivity contribution in [3.63, 3.8) is 0 Å². The molecule has 3 fully saturated rings. The predicted octanol–water partition coefficient (Wildman–Crippen LogP) is 2.65. The Kier molecular flexibility index (Phi) is 15.0. The monoisotopic (exact) mass is 711 g/mol. The first-order chi connectivity index (χ1) is 23.7. The van der Waals surface area contributed by atoms with Gasteiger partial charge >= 0.3 is 5.97 Å². The van der Waals surface area contributed by atoms with Gasteiger partial charge in [-0.1, -0.05) is 33.8 Å². The number of allylic oxidation sites excluding steroid dienone is 1. The molecule has 0 unspecified atom stereocenters. The smallest absolute Gasteiger partial charge is 0.330 e. The van der Waals surface area contributed by atoms with Crippen LogP contribution in [0.1, 0.15) is 60.8 Å². The molecule has 0 aliphatic carbocycles. The van der Waals surface area contributed by atoms with Crippen molar-refractivity contribution in [3.8, 4) is 0 Å². The molecule has 0 amide bonds. The minimum atomic E-state index is -0.904. The van der Waals surface area contributed by atoms with Crippen LogP contribution in [0.2, 0.25) is 0 Å². The summed E-state index contributed by atoms with van der Waals surface area (Å²) in [5.74, 6) is -1.66. The molecule has 0 bridgehead atoms. The molecule has 3 saturated heterocycles. The van der Waals surface area contributed by atoms with Crippen molar-refractivity contribution in [1.29, 1.82) is 0 Å². The van der Waals surface area contributed by atoms with Crippen LogP contribution in [0.5, 0.6) is 0 Å². The van der Waals surface area contributed by atoms with Crippen molar-refractivity contribution in [1.82, 2.24) is 4.90 Å². The van der Waals surface area contributed by atoms with E-state index in [9.17, 15) is 19.8 Å². The molecular formula is C37H61NO12. The summed E-state index contributed by atoms with van der Waals surface area (Å²) in [7, 11) is 6.85. The van der Waals surface area contributed by atoms with Crippen LogP contribution >= 0.6 is 0 Å². The van der Waals surface area contributed by atoms with E-state index in [-0.39, 0.29) is 54.5 Å². The van der Waals surface area contributed by atoms with E-state index in [2.05, 4.69) is 0 Å². The zero-order valence-electron chi connectivity index (χ0n) is 31.4. The quantitative estimate of drug-likeness (QED) is 0.266. The second-order valence-corrected chi connectivity index (χ2v) is 14.8. The van der Waals surface area contributed by atoms with Gasteiger partial charge in [0.15, 0.2) is 18.4 Å². The molecule has 4 aliphatic heterocycles. The van der Waals surface area contributed by atoms with E-state index in [0.717, 1.165) is 0 Å². The molecule has 0 radical (unpaired) electrons. The van der Waals surface area contributed by atoms with Crippen LogP contribution in [-0.4, -0.2) is 141 Å². The summed E-state index contributed by atoms with van der Waals surface area (Å²) in [6.07, 6.45) is 0.848. The lowest BCUT2D eigenvalue weighted by Gasteiger charge is -2.43. The Hall–Kier alpha value is -1.78. The Morgan fingerprint density at radius 2 is 1.56 bits per heavy atom. The highest BCUT2D eigenvalue weighted by Crippen LogP contribution is 2.37. The number of esters is 1. The van der Waals surface area contributed by atoms with E-state index in [0.29, 0.717) is 19.3 Å². The van der Waals surface area contributed by atoms with E-state index in [1.54, 1.807) is 25.2 Å². The van der Waals surface area contributed by atoms with Crippen LogP contribution in [0.3, 0.4) is 0 Å². The number of carbonyl (C=O) groups is 2. The van der Waals surface area contributed by atoms with Gasteiger partial charge in [0.25, 0.3) is 0 Å². The fraction of sp³-hybridized carbons (Fsp3) is 0.838. The molecule has 286 valence electrons. The van der Waals surface area contributed by atoms with E-state index in [1.165, 1.54) is 20.3 Å². The highest BCUT2D eigenvalue weighted by Gasteiger charge is 2.50. The lowest BCUT2D eigenvalue weighted by atomic mass is 9.84. The summed E-state index contributed by atoms with van der Waals surface area (Å²) < 4.78 is 48.1. The number of ketones is 1. The molecule has 2 N–H and O–H groups in total. The lowest BCUT2D eigenvalue weighted by Crippen LogP contribution is -2.59. The molecule has 0 aromatic carbocycles. The van der Waals surface area contributed by atoms with Gasteiger partial charge in [0.2, 0.25) is 0 Å². The van der Waals surface area contributed by atoms with Crippen LogP contribution in [0.4, 0.5) is 0 Å². The Bertz CT molecular complexity index is 1170. The average Bonchev–Trinajstić information content (AvgIpc) is 3.85. The SMILES string of the molecule is CC[C@H]1OC(=O)/C=C/[C@H](C)[C@@H](O[C@@H]2O[C@H](C)C[C@H](N(C)C)[C@H]2O)[C@@H](C)C[C@@H](C)C(=O)/C=C/[C@H]2O[C@@H]2[C@@H]1CO[C@@H]1O[C@H](C)[C@@H](O)[C@@H](OC)[C@H]1OC. The standard InChI is InChI=1S/C37H61NO12/c1-11-27-24(18-45-37-35(44-10)34(43-9)30(41)23(6)47-37)33-28(49-33)14-13-26(39)20(3)16-21(4)32(19(2)12-15-29(40)48-27)50-36-31(42)25(38(7)8)17-22(5)46-36/h12-15,19-25,27-28,30-37,41-42H,11,16-18H2,1-10H3/b14-13+,15-12+/t19-,20+,21-,22+,23+,24+,25-,27+,28+,30+,31+,32+,33+,34+,35+,36-,37+/m0/s1. The fourth-order valence-corrected chi connectivity index (χ4v) is 7.64. The molecule has 0 aromatic rings. The van der Waals surface area contributed by atoms with Crippen molar-refractivity contribution < 1.29 is 57.7 Å². The molecule has 0 spiro atoms. The number of fused-ring (bicyclic) bond motifs is 1. The maximum Gasteiger partial charge on any atom is 0.330 e. The highest BCUT2D eigenvalue weighted by atomic mass is 16.7. The van der Waals surface area contributed by atoms with Gasteiger partial charge in [-0.15, -0.1) is 0 Å². The Balaban J connectivity index is 1.56. The number of methoxy groups -OCH3 is 2. The molecule has 13 nitrogen and oxygen atoms in total. The number of nitrogens with zero attached hydrogens (tertiary/aromatic N) is 1. The normalized spacial score (nSPS) is 46.2. The molecule has 50 heavy (non-hydrogen) atoms. The summed E-state index contributed by atoms with van der Waals surface area (Å²) in [5, 5.41) is 21.8. The summed E-state index contributed by atoms with van der Waals surface area (Å²) in [6.45, 7) is 11.6. The molecule has 0 aromatic heterocycles. The molecule has 0 saturated carbocycles. The predicted molar refractivity (Wildman–Crippen MR) is 183 cm³/mol. The topological polar surface area (TPSA) is 155 Å². The fourth-order valence-electron chi connectivity index (χ4n) is 7.64. The van der Waals surface area contributed by atoms with E-state index < -0.39 is 67.2 Å². The second kappa shape index (κ2) is 18.3. The van der Waals surface area contributed by atoms with Crippen LogP contribution in [-0.2, 0) is 47.5 Å². The number of epoxide rings is 1. The maximum atomic E-state index is 13.4. The number of rotatable bonds is 9. The largest absolute Gasteiger partial charge is 0.459 e. The van der Waals surface area contributed by atoms with Gasteiger partial charge in [-0.3, -0.25) is 4.79 Å². The minimum Gasteiger partial charge on any atom is -0.459 e. The third-order valence-corrected chi connectivity index (χ3v) is 10.7. The van der Waals surface area contributed by atoms with Gasteiger partial charge in [0, 0.05) is 44.1 Å². The third kappa shape index (κ3) is 10.00. The molecular weight excluding hydrogens is 650 g/mol. The Labute approximate surface area is 297 Å². The number of hydrogen-bond acceptors (Lipinski definition) is 13. The number of carbonyl (C=O) groups excluding carboxylic acids is 2. The average molecular weight is 712 g/mol. The molecule has 4 heterocycles. The molecule has 4 rings (SSSR count). The summed E-state index contributed by atoms with van der Waals surface area (Å²) in [5.41, 5.74) is 0. The van der Waals surface area contributed by atoms with Crippen LogP contribution in [0, 0.1) is 23.7 Å². The highest BCUT2D eigenvalue weighted by molar-refractivity contribution is 5.91. The Morgan fingerprint density at radius 1 is 0.860 bits per heavy atom. The van der Waals surface area contributed by atoms with Crippen LogP contribution < -0.4 is 0 Å². The number of ether oxygens (including phenoxy) is 8. The van der Waals surface area contributed by atoms with Gasteiger partial charge < -0.3 is 53.0 Å². The summed E-state index contributed by atoms with van der Waals surface area (Å²) in [4.78, 5) is 28.7. The first-order valence-corrected chi connectivity index (χ1v) is 18.1. The van der Waals surface area contributed by atoms with Gasteiger partial charge in [-0.25, -0.2) is 4.79 Å². The van der Waals surface area contributed by atoms with Crippen molar-refractivity contribution in [2.45, 2.75) is 140 Å². The Morgan fingerprint density at radius 3 is 2.20 bits per heavy atom. The van der Waals surface area contributed by atoms with Crippen molar-refractivity contribution >= 4 is 11.8 Å². The van der Waals surface area contributed by atoms with Gasteiger partial charge in [0.1, 0.15) is 36.6 Å². The van der Waals surface area contributed by atoms with Crippen LogP contribution in [0.15, 0.2) is 24.3 Å². The van der Waals surface area contributed by atoms with E-state index in [1.807, 2.05) is 53.6 Å². The first-order valence-electron chi connectivity index (χ1n) is 18.1. The molecule has 17 atom stereocenters. The zero-order valence-corrected chi connectivity index (χ0v) is 31.4. The van der Waals surface area contributed by atoms with E-state index >= 15 is 0 Å². The van der Waals surface area contributed by atoms with Crippen molar-refractivity contribution in [3.05, 3.63) is 24.3 Å². The molecule has 4 aliphatic rings. The summed E-state index contributed by atoms with van der Waals surface area (Å²) in [6, 6.07) is -0.144. The maximum absolute atomic E-state index is 13.4. The van der Waals surface area contributed by atoms with Gasteiger partial charge in [0.05, 0.1) is 31.0 Å². The zero-order chi connectivity index (χ0) is 36.9. The van der Waals surface area contributed by atoms with E-state index in [4.69, 9.17) is 37.9 Å². The minimum absolute atomic E-state index is 0.0293. The first kappa shape index (κ1) is 41.0. The second-order valence-electron chi connectivity index (χ2n) is 14.8. The number of hydrogen-bond donors (Lipinski definition) is 2. The number of aliphatic hydroxyl groups excluding tert-OH is 2. The third-order valence-electron chi connectivity index (χ3n) is 10.7. The van der Waals surface area contributed by atoms with Crippen LogP contribution in [0.25, 0.3) is 0 Å². The lowest BCUT2D eigenvalue weighted by molar-refractivity contribution is -0.305. The van der Waals surface area contributed by atoms with Crippen molar-refractivity contribution in [2.75, 3.05) is 34.9 Å². The summed E-state index contributed by atoms with van der Waals surface area (Å²) >= 11 is 0. The number of likely N-dealkylation sites (N-methyl/N-ethyl adjacent to an activating group) is 1. The van der Waals surface area contributed by atoms with Gasteiger partial charge in [-0.2, -0.15) is 0 Å². The number of cyclic esters (lactones) is 1. The van der Waals surface area contributed by atoms with Gasteiger partial charge in [-0.05, 0) is 65.3 Å².